The lowest BCUT2D eigenvalue weighted by Crippen LogP contribution is -2.30. The number of hydrogen-bond acceptors (Lipinski definition) is 3. The third kappa shape index (κ3) is 4.65. The average Bonchev–Trinajstić information content (AvgIpc) is 3.43. The number of aromatic nitrogens is 2. The average molecular weight is 452 g/mol. The summed E-state index contributed by atoms with van der Waals surface area (Å²) in [5.41, 5.74) is 2.93. The zero-order valence-electron chi connectivity index (χ0n) is 19.2. The predicted molar refractivity (Wildman–Crippen MR) is 135 cm³/mol. The predicted octanol–water partition coefficient (Wildman–Crippen LogP) is 5.35. The summed E-state index contributed by atoms with van der Waals surface area (Å²) < 4.78 is 1.66. The number of nitrogens with zero attached hydrogens (tertiary/aromatic N) is 2. The van der Waals surface area contributed by atoms with E-state index in [1.54, 1.807) is 4.68 Å². The lowest BCUT2D eigenvalue weighted by molar-refractivity contribution is -0.121. The normalized spacial score (nSPS) is 14.0. The van der Waals surface area contributed by atoms with Crippen molar-refractivity contribution in [2.45, 2.75) is 50.6 Å². The van der Waals surface area contributed by atoms with Gasteiger partial charge in [0.05, 0.1) is 23.7 Å². The van der Waals surface area contributed by atoms with Crippen LogP contribution in [0.4, 0.5) is 0 Å². The molecule has 1 N–H and O–H groups in total. The molecule has 172 valence electrons. The van der Waals surface area contributed by atoms with Crippen molar-refractivity contribution in [2.24, 2.45) is 0 Å². The summed E-state index contributed by atoms with van der Waals surface area (Å²) in [7, 11) is 0. The van der Waals surface area contributed by atoms with Crippen LogP contribution in [0.25, 0.3) is 10.8 Å². The monoisotopic (exact) mass is 451 g/mol. The van der Waals surface area contributed by atoms with Crippen LogP contribution in [0.15, 0.2) is 89.7 Å². The summed E-state index contributed by atoms with van der Waals surface area (Å²) in [5.74, 6) is -0.0678. The molecule has 0 bridgehead atoms. The largest absolute Gasteiger partial charge is 0.350 e. The first-order valence-electron chi connectivity index (χ1n) is 12.1. The van der Waals surface area contributed by atoms with Crippen LogP contribution in [-0.2, 0) is 11.3 Å². The maximum Gasteiger partial charge on any atom is 0.274 e. The molecule has 0 aliphatic heterocycles. The lowest BCUT2D eigenvalue weighted by Gasteiger charge is -2.19. The van der Waals surface area contributed by atoms with Crippen LogP contribution in [0, 0.1) is 0 Å². The van der Waals surface area contributed by atoms with E-state index in [1.165, 1.54) is 0 Å². The summed E-state index contributed by atoms with van der Waals surface area (Å²) in [4.78, 5) is 26.2. The first kappa shape index (κ1) is 22.1. The molecule has 5 nitrogen and oxygen atoms in total. The molecule has 1 aliphatic rings. The number of carbonyl (C=O) groups excluding carboxylic acids is 1. The van der Waals surface area contributed by atoms with E-state index in [9.17, 15) is 9.59 Å². The van der Waals surface area contributed by atoms with E-state index < -0.39 is 0 Å². The fourth-order valence-corrected chi connectivity index (χ4v) is 5.04. The van der Waals surface area contributed by atoms with Gasteiger partial charge in [-0.25, -0.2) is 4.68 Å². The fraction of sp³-hybridized carbons (Fsp3) is 0.276. The third-order valence-electron chi connectivity index (χ3n) is 6.82. The molecule has 1 aromatic heterocycles. The summed E-state index contributed by atoms with van der Waals surface area (Å²) in [6, 6.07) is 28.0. The van der Waals surface area contributed by atoms with Gasteiger partial charge in [-0.1, -0.05) is 91.7 Å². The van der Waals surface area contributed by atoms with E-state index in [4.69, 9.17) is 5.10 Å². The van der Waals surface area contributed by atoms with Gasteiger partial charge in [-0.05, 0) is 30.0 Å². The van der Waals surface area contributed by atoms with E-state index in [1.807, 2.05) is 60.7 Å². The Hall–Kier alpha value is -3.73. The molecule has 1 fully saturated rings. The van der Waals surface area contributed by atoms with Gasteiger partial charge in [-0.15, -0.1) is 0 Å². The van der Waals surface area contributed by atoms with Gasteiger partial charge in [-0.2, -0.15) is 5.10 Å². The fourth-order valence-electron chi connectivity index (χ4n) is 5.04. The maximum atomic E-state index is 13.1. The van der Waals surface area contributed by atoms with Gasteiger partial charge in [0, 0.05) is 17.7 Å². The quantitative estimate of drug-likeness (QED) is 0.412. The third-order valence-corrected chi connectivity index (χ3v) is 6.82. The second-order valence-corrected chi connectivity index (χ2v) is 9.04. The number of fused-ring (bicyclic) bond motifs is 1. The molecule has 4 aromatic rings. The highest BCUT2D eigenvalue weighted by Gasteiger charge is 2.22. The van der Waals surface area contributed by atoms with Crippen molar-refractivity contribution < 1.29 is 4.79 Å². The van der Waals surface area contributed by atoms with Crippen LogP contribution in [-0.4, -0.2) is 15.7 Å². The van der Waals surface area contributed by atoms with Crippen molar-refractivity contribution in [1.29, 1.82) is 0 Å². The molecule has 0 unspecified atom stereocenters. The number of amides is 1. The standard InChI is InChI=1S/C29H29N3O2/c33-28(19-26(21-11-3-1-4-12-21)22-13-5-2-6-14-22)30-20-27-24-17-9-10-18-25(24)29(34)32(31-27)23-15-7-8-16-23/h1-6,9-14,17-18,23,26H,7-8,15-16,19-20H2,(H,30,33). The summed E-state index contributed by atoms with van der Waals surface area (Å²) in [6.07, 6.45) is 4.55. The smallest absolute Gasteiger partial charge is 0.274 e. The van der Waals surface area contributed by atoms with Gasteiger partial charge in [-0.3, -0.25) is 9.59 Å². The molecule has 3 aromatic carbocycles. The molecule has 1 amide bonds. The van der Waals surface area contributed by atoms with Gasteiger partial charge >= 0.3 is 0 Å². The zero-order chi connectivity index (χ0) is 23.3. The van der Waals surface area contributed by atoms with Gasteiger partial charge in [0.25, 0.3) is 5.56 Å². The van der Waals surface area contributed by atoms with Crippen molar-refractivity contribution in [3.63, 3.8) is 0 Å². The molecule has 34 heavy (non-hydrogen) atoms. The molecule has 5 rings (SSSR count). The Bertz CT molecular complexity index is 1290. The molecule has 0 atom stereocenters. The summed E-state index contributed by atoms with van der Waals surface area (Å²) in [5, 5.41) is 9.30. The van der Waals surface area contributed by atoms with Crippen LogP contribution >= 0.6 is 0 Å². The van der Waals surface area contributed by atoms with Crippen LogP contribution in [0.5, 0.6) is 0 Å². The highest BCUT2D eigenvalue weighted by Crippen LogP contribution is 2.29. The molecule has 0 radical (unpaired) electrons. The van der Waals surface area contributed by atoms with Gasteiger partial charge in [0.2, 0.25) is 5.91 Å². The summed E-state index contributed by atoms with van der Waals surface area (Å²) >= 11 is 0. The highest BCUT2D eigenvalue weighted by molar-refractivity contribution is 5.84. The molecule has 1 aliphatic carbocycles. The van der Waals surface area contributed by atoms with Gasteiger partial charge in [0.1, 0.15) is 0 Å². The zero-order valence-corrected chi connectivity index (χ0v) is 19.2. The van der Waals surface area contributed by atoms with Crippen molar-refractivity contribution in [3.8, 4) is 0 Å². The number of benzene rings is 3. The van der Waals surface area contributed by atoms with Crippen LogP contribution in [0.3, 0.4) is 0 Å². The van der Waals surface area contributed by atoms with E-state index in [0.29, 0.717) is 18.4 Å². The number of hydrogen-bond donors (Lipinski definition) is 1. The molecular formula is C29H29N3O2. The first-order chi connectivity index (χ1) is 16.7. The minimum Gasteiger partial charge on any atom is -0.350 e. The molecule has 0 saturated heterocycles. The molecule has 1 heterocycles. The number of nitrogens with one attached hydrogen (secondary N) is 1. The second kappa shape index (κ2) is 10.0. The Morgan fingerprint density at radius 1 is 0.853 bits per heavy atom. The number of rotatable bonds is 7. The molecule has 0 spiro atoms. The molecular weight excluding hydrogens is 422 g/mol. The van der Waals surface area contributed by atoms with E-state index in [0.717, 1.165) is 47.9 Å². The van der Waals surface area contributed by atoms with E-state index in [-0.39, 0.29) is 23.4 Å². The van der Waals surface area contributed by atoms with Gasteiger partial charge in [0.15, 0.2) is 0 Å². The Balaban J connectivity index is 1.39. The minimum atomic E-state index is -0.0396. The van der Waals surface area contributed by atoms with Crippen molar-refractivity contribution in [3.05, 3.63) is 112 Å². The Labute approximate surface area is 199 Å². The topological polar surface area (TPSA) is 64.0 Å². The molecule has 1 saturated carbocycles. The van der Waals surface area contributed by atoms with Crippen LogP contribution in [0.1, 0.15) is 60.9 Å². The summed E-state index contributed by atoms with van der Waals surface area (Å²) in [6.45, 7) is 0.294. The van der Waals surface area contributed by atoms with Crippen LogP contribution < -0.4 is 10.9 Å². The Morgan fingerprint density at radius 3 is 2.03 bits per heavy atom. The van der Waals surface area contributed by atoms with E-state index in [2.05, 4.69) is 29.6 Å². The van der Waals surface area contributed by atoms with Gasteiger partial charge < -0.3 is 5.32 Å². The molecule has 5 heteroatoms. The van der Waals surface area contributed by atoms with E-state index >= 15 is 0 Å². The van der Waals surface area contributed by atoms with Crippen molar-refractivity contribution in [1.82, 2.24) is 15.1 Å². The van der Waals surface area contributed by atoms with Crippen molar-refractivity contribution >= 4 is 16.7 Å². The minimum absolute atomic E-state index is 0.0282. The van der Waals surface area contributed by atoms with Crippen molar-refractivity contribution in [2.75, 3.05) is 0 Å². The maximum absolute atomic E-state index is 13.1. The Morgan fingerprint density at radius 2 is 1.41 bits per heavy atom. The number of carbonyl (C=O) groups is 1. The first-order valence-corrected chi connectivity index (χ1v) is 12.1. The lowest BCUT2D eigenvalue weighted by atomic mass is 9.88. The SMILES string of the molecule is O=C(CC(c1ccccc1)c1ccccc1)NCc1nn(C2CCCC2)c(=O)c2ccccc12. The second-order valence-electron chi connectivity index (χ2n) is 9.04. The van der Waals surface area contributed by atoms with Crippen LogP contribution in [0.2, 0.25) is 0 Å². The Kier molecular flexibility index (Phi) is 6.52. The highest BCUT2D eigenvalue weighted by atomic mass is 16.1.